The lowest BCUT2D eigenvalue weighted by atomic mass is 10.1. The minimum Gasteiger partial charge on any atom is -0.353 e. The number of carbonyl (C=O) groups is 2. The van der Waals surface area contributed by atoms with Gasteiger partial charge in [0.05, 0.1) is 13.0 Å². The summed E-state index contributed by atoms with van der Waals surface area (Å²) in [4.78, 5) is 36.0. The van der Waals surface area contributed by atoms with E-state index in [-0.39, 0.29) is 17.9 Å². The first-order valence-corrected chi connectivity index (χ1v) is 9.27. The van der Waals surface area contributed by atoms with Gasteiger partial charge >= 0.3 is 0 Å². The number of piperazine rings is 1. The summed E-state index contributed by atoms with van der Waals surface area (Å²) in [5.41, 5.74) is 1.79. The Labute approximate surface area is 153 Å². The van der Waals surface area contributed by atoms with Crippen LogP contribution in [0.5, 0.6) is 0 Å². The van der Waals surface area contributed by atoms with Gasteiger partial charge in [-0.2, -0.15) is 0 Å². The number of nitrogens with zero attached hydrogens (tertiary/aromatic N) is 3. The quantitative estimate of drug-likeness (QED) is 0.813. The van der Waals surface area contributed by atoms with E-state index in [0.29, 0.717) is 26.1 Å². The van der Waals surface area contributed by atoms with Gasteiger partial charge < -0.3 is 15.2 Å². The van der Waals surface area contributed by atoms with Gasteiger partial charge in [-0.3, -0.25) is 14.5 Å². The van der Waals surface area contributed by atoms with E-state index in [1.165, 1.54) is 0 Å². The Bertz CT molecular complexity index is 764. The summed E-state index contributed by atoms with van der Waals surface area (Å²) in [6, 6.07) is 4.07. The van der Waals surface area contributed by atoms with Gasteiger partial charge in [0.2, 0.25) is 11.8 Å². The van der Waals surface area contributed by atoms with Crippen LogP contribution in [0, 0.1) is 0 Å². The van der Waals surface area contributed by atoms with Crippen LogP contribution in [-0.2, 0) is 16.0 Å². The van der Waals surface area contributed by atoms with Gasteiger partial charge in [-0.1, -0.05) is 6.92 Å². The van der Waals surface area contributed by atoms with Crippen LogP contribution in [0.4, 0.5) is 0 Å². The zero-order chi connectivity index (χ0) is 18.5. The van der Waals surface area contributed by atoms with Crippen LogP contribution in [0.15, 0.2) is 24.5 Å². The lowest BCUT2D eigenvalue weighted by Gasteiger charge is -2.34. The second-order valence-electron chi connectivity index (χ2n) is 6.92. The lowest BCUT2D eigenvalue weighted by molar-refractivity contribution is -0.132. The smallest absolute Gasteiger partial charge is 0.234 e. The van der Waals surface area contributed by atoms with Gasteiger partial charge in [0, 0.05) is 50.0 Å². The number of hydrogen-bond acceptors (Lipinski definition) is 4. The number of rotatable bonds is 6. The number of hydrogen-bond donors (Lipinski definition) is 2. The van der Waals surface area contributed by atoms with Crippen molar-refractivity contribution in [1.29, 1.82) is 0 Å². The van der Waals surface area contributed by atoms with Crippen molar-refractivity contribution >= 4 is 22.8 Å². The summed E-state index contributed by atoms with van der Waals surface area (Å²) in [5.74, 6) is 0.184. The van der Waals surface area contributed by atoms with Crippen molar-refractivity contribution < 1.29 is 9.59 Å². The minimum absolute atomic E-state index is 0.0606. The predicted octanol–water partition coefficient (Wildman–Crippen LogP) is 1.16. The summed E-state index contributed by atoms with van der Waals surface area (Å²) in [5, 5.41) is 3.99. The molecule has 2 aromatic heterocycles. The summed E-state index contributed by atoms with van der Waals surface area (Å²) < 4.78 is 0. The Hall–Kier alpha value is -2.41. The Morgan fingerprint density at radius 3 is 2.81 bits per heavy atom. The van der Waals surface area contributed by atoms with E-state index < -0.39 is 0 Å². The van der Waals surface area contributed by atoms with Crippen LogP contribution in [0.25, 0.3) is 11.0 Å². The highest BCUT2D eigenvalue weighted by Gasteiger charge is 2.23. The minimum atomic E-state index is 0.0606. The number of carbonyl (C=O) groups excluding carboxylic acids is 2. The Morgan fingerprint density at radius 1 is 1.31 bits per heavy atom. The molecule has 1 atom stereocenters. The maximum Gasteiger partial charge on any atom is 0.234 e. The molecule has 1 saturated heterocycles. The molecule has 0 spiro atoms. The lowest BCUT2D eigenvalue weighted by Crippen LogP contribution is -2.52. The normalized spacial score (nSPS) is 16.6. The number of fused-ring (bicyclic) bond motifs is 1. The molecule has 2 amide bonds. The standard InChI is InChI=1S/C19H27N5O2/c1-3-14(2)22-17(25)13-23-7-9-24(10-8-23)18(26)11-15-12-21-19-16(15)5-4-6-20-19/h4-6,12,14H,3,7-11,13H2,1-2H3,(H,20,21)(H,22,25). The fraction of sp³-hybridized carbons (Fsp3) is 0.526. The van der Waals surface area contributed by atoms with E-state index in [9.17, 15) is 9.59 Å². The highest BCUT2D eigenvalue weighted by atomic mass is 16.2. The van der Waals surface area contributed by atoms with E-state index in [0.717, 1.165) is 36.1 Å². The van der Waals surface area contributed by atoms with Gasteiger partial charge in [-0.05, 0) is 31.0 Å². The molecule has 7 nitrogen and oxygen atoms in total. The van der Waals surface area contributed by atoms with Crippen LogP contribution >= 0.6 is 0 Å². The number of aromatic amines is 1. The Kier molecular flexibility index (Phi) is 5.88. The van der Waals surface area contributed by atoms with Crippen LogP contribution in [0.3, 0.4) is 0 Å². The maximum atomic E-state index is 12.6. The van der Waals surface area contributed by atoms with Crippen molar-refractivity contribution in [2.24, 2.45) is 0 Å². The number of amides is 2. The molecule has 1 unspecified atom stereocenters. The van der Waals surface area contributed by atoms with E-state index in [1.807, 2.05) is 30.2 Å². The van der Waals surface area contributed by atoms with Crippen LogP contribution in [0.2, 0.25) is 0 Å². The third-order valence-corrected chi connectivity index (χ3v) is 4.99. The second kappa shape index (κ2) is 8.31. The van der Waals surface area contributed by atoms with E-state index in [4.69, 9.17) is 0 Å². The van der Waals surface area contributed by atoms with Crippen molar-refractivity contribution in [2.75, 3.05) is 32.7 Å². The third kappa shape index (κ3) is 4.40. The molecular formula is C19H27N5O2. The van der Waals surface area contributed by atoms with Crippen molar-refractivity contribution in [3.05, 3.63) is 30.1 Å². The largest absolute Gasteiger partial charge is 0.353 e. The van der Waals surface area contributed by atoms with Gasteiger partial charge in [-0.15, -0.1) is 0 Å². The molecule has 7 heteroatoms. The molecular weight excluding hydrogens is 330 g/mol. The molecule has 2 N–H and O–H groups in total. The van der Waals surface area contributed by atoms with Crippen LogP contribution in [0.1, 0.15) is 25.8 Å². The number of H-pyrrole nitrogens is 1. The fourth-order valence-electron chi connectivity index (χ4n) is 3.21. The van der Waals surface area contributed by atoms with Gasteiger partial charge in [0.25, 0.3) is 0 Å². The molecule has 3 heterocycles. The molecule has 0 aliphatic carbocycles. The van der Waals surface area contributed by atoms with Gasteiger partial charge in [0.1, 0.15) is 5.65 Å². The van der Waals surface area contributed by atoms with E-state index in [1.54, 1.807) is 6.20 Å². The Morgan fingerprint density at radius 2 is 2.08 bits per heavy atom. The highest BCUT2D eigenvalue weighted by molar-refractivity contribution is 5.87. The molecule has 1 fully saturated rings. The Balaban J connectivity index is 1.48. The van der Waals surface area contributed by atoms with Gasteiger partial charge in [0.15, 0.2) is 0 Å². The first-order valence-electron chi connectivity index (χ1n) is 9.27. The molecule has 0 saturated carbocycles. The monoisotopic (exact) mass is 357 g/mol. The number of pyridine rings is 1. The molecule has 0 bridgehead atoms. The predicted molar refractivity (Wildman–Crippen MR) is 101 cm³/mol. The molecule has 2 aromatic rings. The molecule has 3 rings (SSSR count). The van der Waals surface area contributed by atoms with Gasteiger partial charge in [-0.25, -0.2) is 4.98 Å². The molecule has 140 valence electrons. The average molecular weight is 357 g/mol. The van der Waals surface area contributed by atoms with Crippen LogP contribution < -0.4 is 5.32 Å². The summed E-state index contributed by atoms with van der Waals surface area (Å²) in [6.45, 7) is 7.25. The molecule has 0 aromatic carbocycles. The topological polar surface area (TPSA) is 81.3 Å². The van der Waals surface area contributed by atoms with E-state index in [2.05, 4.69) is 27.1 Å². The second-order valence-corrected chi connectivity index (χ2v) is 6.92. The van der Waals surface area contributed by atoms with Crippen molar-refractivity contribution in [1.82, 2.24) is 25.1 Å². The number of nitrogens with one attached hydrogen (secondary N) is 2. The molecule has 1 aliphatic heterocycles. The SMILES string of the molecule is CCC(C)NC(=O)CN1CCN(C(=O)Cc2c[nH]c3ncccc23)CC1. The number of aromatic nitrogens is 2. The zero-order valence-electron chi connectivity index (χ0n) is 15.5. The van der Waals surface area contributed by atoms with Crippen molar-refractivity contribution in [3.8, 4) is 0 Å². The summed E-state index contributed by atoms with van der Waals surface area (Å²) in [7, 11) is 0. The van der Waals surface area contributed by atoms with E-state index >= 15 is 0 Å². The fourth-order valence-corrected chi connectivity index (χ4v) is 3.21. The average Bonchev–Trinajstić information content (AvgIpc) is 3.05. The van der Waals surface area contributed by atoms with Crippen molar-refractivity contribution in [2.45, 2.75) is 32.7 Å². The first-order chi connectivity index (χ1) is 12.6. The van der Waals surface area contributed by atoms with Crippen molar-refractivity contribution in [3.63, 3.8) is 0 Å². The summed E-state index contributed by atoms with van der Waals surface area (Å²) >= 11 is 0. The molecule has 1 aliphatic rings. The summed E-state index contributed by atoms with van der Waals surface area (Å²) in [6.07, 6.45) is 4.91. The highest BCUT2D eigenvalue weighted by Crippen LogP contribution is 2.17. The zero-order valence-corrected chi connectivity index (χ0v) is 15.5. The molecule has 26 heavy (non-hydrogen) atoms. The van der Waals surface area contributed by atoms with Crippen LogP contribution in [-0.4, -0.2) is 70.3 Å². The maximum absolute atomic E-state index is 12.6. The first kappa shape index (κ1) is 18.4. The molecule has 0 radical (unpaired) electrons. The third-order valence-electron chi connectivity index (χ3n) is 4.99.